The minimum atomic E-state index is -0.0384. The summed E-state index contributed by atoms with van der Waals surface area (Å²) in [6.45, 7) is 7.75. The van der Waals surface area contributed by atoms with E-state index < -0.39 is 0 Å². The van der Waals surface area contributed by atoms with Crippen LogP contribution in [0.25, 0.3) is 10.9 Å². The van der Waals surface area contributed by atoms with Crippen molar-refractivity contribution in [2.45, 2.75) is 46.3 Å². The van der Waals surface area contributed by atoms with Gasteiger partial charge in [-0.3, -0.25) is 4.79 Å². The number of hydrogen-bond acceptors (Lipinski definition) is 3. The fourth-order valence-corrected chi connectivity index (χ4v) is 2.79. The Labute approximate surface area is 137 Å². The van der Waals surface area contributed by atoms with Gasteiger partial charge in [0.2, 0.25) is 0 Å². The second-order valence-electron chi connectivity index (χ2n) is 7.43. The Bertz CT molecular complexity index is 694. The molecule has 124 valence electrons. The topological polar surface area (TPSA) is 56.2 Å². The number of nitrogens with one attached hydrogen (secondary N) is 1. The first-order valence-electron chi connectivity index (χ1n) is 8.31. The lowest BCUT2D eigenvalue weighted by Gasteiger charge is -2.23. The maximum absolute atomic E-state index is 12.3. The zero-order valence-corrected chi connectivity index (χ0v) is 14.1. The third-order valence-corrected chi connectivity index (χ3v) is 4.07. The van der Waals surface area contributed by atoms with Gasteiger partial charge in [0.05, 0.1) is 11.7 Å². The molecule has 0 aliphatic carbocycles. The SMILES string of the molecule is CC(C)(C)CNC(=O)c1ccc2c(cnn2C2CCCCO2)c1. The van der Waals surface area contributed by atoms with Gasteiger partial charge in [0.1, 0.15) is 0 Å². The molecule has 1 amide bonds. The Morgan fingerprint density at radius 1 is 1.39 bits per heavy atom. The van der Waals surface area contributed by atoms with E-state index in [1.165, 1.54) is 6.42 Å². The first-order chi connectivity index (χ1) is 10.9. The summed E-state index contributed by atoms with van der Waals surface area (Å²) in [5.41, 5.74) is 1.76. The molecule has 1 unspecified atom stereocenters. The molecule has 1 aromatic carbocycles. The van der Waals surface area contributed by atoms with Gasteiger partial charge in [-0.1, -0.05) is 20.8 Å². The van der Waals surface area contributed by atoms with Gasteiger partial charge in [0.25, 0.3) is 5.91 Å². The van der Waals surface area contributed by atoms with E-state index in [-0.39, 0.29) is 17.6 Å². The minimum Gasteiger partial charge on any atom is -0.356 e. The van der Waals surface area contributed by atoms with Gasteiger partial charge in [-0.2, -0.15) is 5.10 Å². The van der Waals surface area contributed by atoms with Crippen molar-refractivity contribution < 1.29 is 9.53 Å². The van der Waals surface area contributed by atoms with Crippen LogP contribution in [0.4, 0.5) is 0 Å². The van der Waals surface area contributed by atoms with Crippen LogP contribution < -0.4 is 5.32 Å². The van der Waals surface area contributed by atoms with Crippen LogP contribution >= 0.6 is 0 Å². The lowest BCUT2D eigenvalue weighted by atomic mass is 9.97. The summed E-state index contributed by atoms with van der Waals surface area (Å²) in [7, 11) is 0. The number of hydrogen-bond donors (Lipinski definition) is 1. The number of fused-ring (bicyclic) bond motifs is 1. The summed E-state index contributed by atoms with van der Waals surface area (Å²) < 4.78 is 7.74. The molecule has 2 heterocycles. The molecule has 1 aromatic heterocycles. The van der Waals surface area contributed by atoms with E-state index in [1.54, 1.807) is 0 Å². The van der Waals surface area contributed by atoms with Crippen LogP contribution in [0.3, 0.4) is 0 Å². The molecular weight excluding hydrogens is 290 g/mol. The van der Waals surface area contributed by atoms with E-state index >= 15 is 0 Å². The number of carbonyl (C=O) groups excluding carboxylic acids is 1. The van der Waals surface area contributed by atoms with Crippen molar-refractivity contribution in [3.05, 3.63) is 30.0 Å². The molecule has 0 saturated carbocycles. The third-order valence-electron chi connectivity index (χ3n) is 4.07. The summed E-state index contributed by atoms with van der Waals surface area (Å²) in [6, 6.07) is 5.73. The Kier molecular flexibility index (Phi) is 4.39. The molecule has 1 N–H and O–H groups in total. The number of aromatic nitrogens is 2. The number of rotatable bonds is 3. The van der Waals surface area contributed by atoms with Gasteiger partial charge >= 0.3 is 0 Å². The number of nitrogens with zero attached hydrogens (tertiary/aromatic N) is 2. The predicted octanol–water partition coefficient (Wildman–Crippen LogP) is 3.51. The molecule has 5 heteroatoms. The highest BCUT2D eigenvalue weighted by Crippen LogP contribution is 2.26. The average molecular weight is 315 g/mol. The summed E-state index contributed by atoms with van der Waals surface area (Å²) in [4.78, 5) is 12.3. The number of amides is 1. The Morgan fingerprint density at radius 3 is 2.91 bits per heavy atom. The molecule has 3 rings (SSSR count). The fraction of sp³-hybridized carbons (Fsp3) is 0.556. The molecule has 23 heavy (non-hydrogen) atoms. The monoisotopic (exact) mass is 315 g/mol. The number of carbonyl (C=O) groups is 1. The van der Waals surface area contributed by atoms with Crippen molar-refractivity contribution in [3.63, 3.8) is 0 Å². The number of ether oxygens (including phenoxy) is 1. The van der Waals surface area contributed by atoms with Crippen LogP contribution in [-0.2, 0) is 4.74 Å². The summed E-state index contributed by atoms with van der Waals surface area (Å²) >= 11 is 0. The molecule has 1 saturated heterocycles. The first kappa shape index (κ1) is 16.0. The maximum atomic E-state index is 12.3. The molecule has 2 aromatic rings. The van der Waals surface area contributed by atoms with Gasteiger partial charge in [0, 0.05) is 24.1 Å². The fourth-order valence-electron chi connectivity index (χ4n) is 2.79. The second-order valence-corrected chi connectivity index (χ2v) is 7.43. The highest BCUT2D eigenvalue weighted by Gasteiger charge is 2.19. The van der Waals surface area contributed by atoms with Crippen molar-refractivity contribution in [1.29, 1.82) is 0 Å². The third kappa shape index (κ3) is 3.72. The normalized spacial score (nSPS) is 19.0. The van der Waals surface area contributed by atoms with E-state index in [2.05, 4.69) is 31.2 Å². The molecule has 0 radical (unpaired) electrons. The van der Waals surface area contributed by atoms with Gasteiger partial charge in [-0.05, 0) is 42.9 Å². The van der Waals surface area contributed by atoms with Gasteiger partial charge < -0.3 is 10.1 Å². The standard InChI is InChI=1S/C18H25N3O2/c1-18(2,3)12-19-17(22)13-7-8-15-14(10-13)11-20-21(15)16-6-4-5-9-23-16/h7-8,10-11,16H,4-6,9,12H2,1-3H3,(H,19,22). The zero-order chi connectivity index (χ0) is 16.4. The highest BCUT2D eigenvalue weighted by molar-refractivity contribution is 5.97. The summed E-state index contributed by atoms with van der Waals surface area (Å²) in [6.07, 6.45) is 5.10. The Hall–Kier alpha value is -1.88. The van der Waals surface area contributed by atoms with Crippen molar-refractivity contribution in [2.75, 3.05) is 13.2 Å². The quantitative estimate of drug-likeness (QED) is 0.943. The lowest BCUT2D eigenvalue weighted by Crippen LogP contribution is -2.32. The molecular formula is C18H25N3O2. The van der Waals surface area contributed by atoms with E-state index in [0.717, 1.165) is 30.4 Å². The van der Waals surface area contributed by atoms with Gasteiger partial charge in [-0.25, -0.2) is 4.68 Å². The van der Waals surface area contributed by atoms with E-state index in [0.29, 0.717) is 12.1 Å². The predicted molar refractivity (Wildman–Crippen MR) is 90.4 cm³/mol. The minimum absolute atomic E-state index is 0.0156. The summed E-state index contributed by atoms with van der Waals surface area (Å²) in [5, 5.41) is 8.42. The van der Waals surface area contributed by atoms with E-state index in [9.17, 15) is 4.79 Å². The molecule has 0 bridgehead atoms. The summed E-state index contributed by atoms with van der Waals surface area (Å²) in [5.74, 6) is -0.0384. The first-order valence-corrected chi connectivity index (χ1v) is 8.31. The van der Waals surface area contributed by atoms with E-state index in [4.69, 9.17) is 4.74 Å². The molecule has 1 atom stereocenters. The van der Waals surface area contributed by atoms with Gasteiger partial charge in [0.15, 0.2) is 6.23 Å². The van der Waals surface area contributed by atoms with E-state index in [1.807, 2.05) is 29.1 Å². The van der Waals surface area contributed by atoms with Crippen LogP contribution in [-0.4, -0.2) is 28.8 Å². The molecule has 5 nitrogen and oxygen atoms in total. The van der Waals surface area contributed by atoms with Crippen LogP contribution in [0.15, 0.2) is 24.4 Å². The second kappa shape index (κ2) is 6.32. The van der Waals surface area contributed by atoms with Crippen molar-refractivity contribution >= 4 is 16.8 Å². The lowest BCUT2D eigenvalue weighted by molar-refractivity contribution is -0.0366. The zero-order valence-electron chi connectivity index (χ0n) is 14.1. The molecule has 1 aliphatic rings. The van der Waals surface area contributed by atoms with Crippen LogP contribution in [0, 0.1) is 5.41 Å². The molecule has 1 aliphatic heterocycles. The van der Waals surface area contributed by atoms with Crippen LogP contribution in [0.5, 0.6) is 0 Å². The van der Waals surface area contributed by atoms with Crippen molar-refractivity contribution in [2.24, 2.45) is 5.41 Å². The molecule has 0 spiro atoms. The Balaban J connectivity index is 1.79. The van der Waals surface area contributed by atoms with Gasteiger partial charge in [-0.15, -0.1) is 0 Å². The number of benzene rings is 1. The smallest absolute Gasteiger partial charge is 0.251 e. The van der Waals surface area contributed by atoms with Crippen LogP contribution in [0.1, 0.15) is 56.6 Å². The molecule has 1 fully saturated rings. The highest BCUT2D eigenvalue weighted by atomic mass is 16.5. The van der Waals surface area contributed by atoms with Crippen molar-refractivity contribution in [1.82, 2.24) is 15.1 Å². The maximum Gasteiger partial charge on any atom is 0.251 e. The Morgan fingerprint density at radius 2 is 2.22 bits per heavy atom. The van der Waals surface area contributed by atoms with Crippen LogP contribution in [0.2, 0.25) is 0 Å². The van der Waals surface area contributed by atoms with Crippen molar-refractivity contribution in [3.8, 4) is 0 Å². The average Bonchev–Trinajstić information content (AvgIpc) is 2.95. The largest absolute Gasteiger partial charge is 0.356 e.